The Bertz CT molecular complexity index is 849. The fourth-order valence-electron chi connectivity index (χ4n) is 2.05. The molecule has 0 aliphatic rings. The monoisotopic (exact) mass is 270 g/mol. The van der Waals surface area contributed by atoms with Crippen LogP contribution in [0.2, 0.25) is 0 Å². The molecule has 3 rings (SSSR count). The first-order valence-electron chi connectivity index (χ1n) is 5.74. The third-order valence-corrected chi connectivity index (χ3v) is 4.13. The second-order valence-corrected chi connectivity index (χ2v) is 5.21. The average molecular weight is 270 g/mol. The maximum Gasteiger partial charge on any atom is 0.337 e. The highest BCUT2D eigenvalue weighted by atomic mass is 32.1. The Morgan fingerprint density at radius 1 is 1.05 bits per heavy atom. The van der Waals surface area contributed by atoms with Gasteiger partial charge in [0.2, 0.25) is 0 Å². The van der Waals surface area contributed by atoms with Crippen LogP contribution in [-0.2, 0) is 4.74 Å². The first-order valence-corrected chi connectivity index (χ1v) is 6.56. The van der Waals surface area contributed by atoms with Crippen molar-refractivity contribution in [2.75, 3.05) is 7.11 Å². The summed E-state index contributed by atoms with van der Waals surface area (Å²) in [5.41, 5.74) is 0.460. The normalized spacial score (nSPS) is 10.8. The summed E-state index contributed by atoms with van der Waals surface area (Å²) in [7, 11) is 1.34. The van der Waals surface area contributed by atoms with Crippen LogP contribution < -0.4 is 5.43 Å². The minimum Gasteiger partial charge on any atom is -0.465 e. The Morgan fingerprint density at radius 3 is 2.58 bits per heavy atom. The molecule has 2 aromatic carbocycles. The van der Waals surface area contributed by atoms with Crippen molar-refractivity contribution in [3.8, 4) is 0 Å². The number of esters is 1. The fraction of sp³-hybridized carbons (Fsp3) is 0.0667. The molecular formula is C15H10O3S. The van der Waals surface area contributed by atoms with Crippen LogP contribution in [0, 0.1) is 0 Å². The number of ether oxygens (including phenoxy) is 1. The lowest BCUT2D eigenvalue weighted by Gasteiger charge is -2.03. The van der Waals surface area contributed by atoms with E-state index in [1.807, 2.05) is 24.3 Å². The summed E-state index contributed by atoms with van der Waals surface area (Å²) in [6.07, 6.45) is 0. The summed E-state index contributed by atoms with van der Waals surface area (Å²) in [6.45, 7) is 0. The van der Waals surface area contributed by atoms with Crippen LogP contribution in [0.3, 0.4) is 0 Å². The van der Waals surface area contributed by atoms with Crippen LogP contribution >= 0.6 is 11.3 Å². The number of carbonyl (C=O) groups is 1. The highest BCUT2D eigenvalue weighted by molar-refractivity contribution is 7.24. The second kappa shape index (κ2) is 4.48. The standard InChI is InChI=1S/C15H10O3S/c1-18-15(17)9-6-7-11-13(8-9)19-12-5-3-2-4-10(12)14(11)16/h2-8H,1H3. The summed E-state index contributed by atoms with van der Waals surface area (Å²) in [4.78, 5) is 23.8. The van der Waals surface area contributed by atoms with Gasteiger partial charge in [0.05, 0.1) is 12.7 Å². The van der Waals surface area contributed by atoms with Crippen molar-refractivity contribution >= 4 is 37.5 Å². The summed E-state index contributed by atoms with van der Waals surface area (Å²) < 4.78 is 6.41. The van der Waals surface area contributed by atoms with E-state index in [0.717, 1.165) is 9.40 Å². The van der Waals surface area contributed by atoms with Crippen LogP contribution in [0.4, 0.5) is 0 Å². The number of carbonyl (C=O) groups excluding carboxylic acids is 1. The molecule has 0 N–H and O–H groups in total. The van der Waals surface area contributed by atoms with E-state index in [-0.39, 0.29) is 5.43 Å². The van der Waals surface area contributed by atoms with Gasteiger partial charge in [-0.3, -0.25) is 4.79 Å². The molecule has 1 aromatic heterocycles. The molecule has 0 spiro atoms. The number of hydrogen-bond acceptors (Lipinski definition) is 4. The molecule has 0 atom stereocenters. The Hall–Kier alpha value is -2.20. The zero-order valence-electron chi connectivity index (χ0n) is 10.2. The van der Waals surface area contributed by atoms with Crippen molar-refractivity contribution in [3.05, 3.63) is 58.3 Å². The zero-order chi connectivity index (χ0) is 13.4. The third-order valence-electron chi connectivity index (χ3n) is 3.00. The average Bonchev–Trinajstić information content (AvgIpc) is 2.46. The Balaban J connectivity index is 2.38. The molecule has 1 heterocycles. The molecule has 0 fully saturated rings. The molecular weight excluding hydrogens is 260 g/mol. The van der Waals surface area contributed by atoms with E-state index in [2.05, 4.69) is 0 Å². The molecule has 0 aliphatic heterocycles. The van der Waals surface area contributed by atoms with Gasteiger partial charge in [-0.05, 0) is 30.3 Å². The number of benzene rings is 2. The summed E-state index contributed by atoms with van der Waals surface area (Å²) in [5.74, 6) is -0.394. The van der Waals surface area contributed by atoms with Crippen molar-refractivity contribution in [1.29, 1.82) is 0 Å². The number of hydrogen-bond donors (Lipinski definition) is 0. The molecule has 0 aliphatic carbocycles. The molecule has 4 heteroatoms. The van der Waals surface area contributed by atoms with E-state index in [4.69, 9.17) is 4.74 Å². The van der Waals surface area contributed by atoms with Gasteiger partial charge in [0.25, 0.3) is 0 Å². The fourth-order valence-corrected chi connectivity index (χ4v) is 3.16. The van der Waals surface area contributed by atoms with Gasteiger partial charge in [0.1, 0.15) is 0 Å². The van der Waals surface area contributed by atoms with Crippen LogP contribution in [0.5, 0.6) is 0 Å². The minimum atomic E-state index is -0.394. The zero-order valence-corrected chi connectivity index (χ0v) is 11.0. The van der Waals surface area contributed by atoms with Crippen molar-refractivity contribution in [1.82, 2.24) is 0 Å². The van der Waals surface area contributed by atoms with E-state index >= 15 is 0 Å². The van der Waals surface area contributed by atoms with E-state index in [0.29, 0.717) is 16.3 Å². The van der Waals surface area contributed by atoms with E-state index in [9.17, 15) is 9.59 Å². The predicted molar refractivity (Wildman–Crippen MR) is 76.9 cm³/mol. The number of methoxy groups -OCH3 is 1. The summed E-state index contributed by atoms with van der Waals surface area (Å²) >= 11 is 1.50. The molecule has 0 unspecified atom stereocenters. The maximum atomic E-state index is 12.3. The van der Waals surface area contributed by atoms with E-state index < -0.39 is 5.97 Å². The van der Waals surface area contributed by atoms with Crippen molar-refractivity contribution in [3.63, 3.8) is 0 Å². The van der Waals surface area contributed by atoms with E-state index in [1.54, 1.807) is 18.2 Å². The molecule has 0 saturated heterocycles. The number of rotatable bonds is 1. The van der Waals surface area contributed by atoms with Crippen LogP contribution in [0.25, 0.3) is 20.2 Å². The largest absolute Gasteiger partial charge is 0.465 e. The molecule has 94 valence electrons. The summed E-state index contributed by atoms with van der Waals surface area (Å²) in [6, 6.07) is 12.5. The first kappa shape index (κ1) is 11.9. The summed E-state index contributed by atoms with van der Waals surface area (Å²) in [5, 5.41) is 1.35. The lowest BCUT2D eigenvalue weighted by molar-refractivity contribution is 0.0601. The minimum absolute atomic E-state index is 0.000709. The first-order chi connectivity index (χ1) is 9.20. The van der Waals surface area contributed by atoms with Gasteiger partial charge in [-0.15, -0.1) is 11.3 Å². The van der Waals surface area contributed by atoms with Crippen molar-refractivity contribution < 1.29 is 9.53 Å². The van der Waals surface area contributed by atoms with Gasteiger partial charge >= 0.3 is 5.97 Å². The van der Waals surface area contributed by atoms with Crippen molar-refractivity contribution in [2.24, 2.45) is 0 Å². The predicted octanol–water partition coefficient (Wildman–Crippen LogP) is 3.20. The highest BCUT2D eigenvalue weighted by Gasteiger charge is 2.10. The molecule has 0 amide bonds. The van der Waals surface area contributed by atoms with Gasteiger partial charge in [0.15, 0.2) is 5.43 Å². The van der Waals surface area contributed by atoms with Crippen LogP contribution in [0.15, 0.2) is 47.3 Å². The molecule has 0 radical (unpaired) electrons. The molecule has 3 aromatic rings. The van der Waals surface area contributed by atoms with Gasteiger partial charge in [-0.1, -0.05) is 12.1 Å². The Kier molecular flexibility index (Phi) is 2.80. The highest BCUT2D eigenvalue weighted by Crippen LogP contribution is 2.25. The van der Waals surface area contributed by atoms with E-state index in [1.165, 1.54) is 18.4 Å². The quantitative estimate of drug-likeness (QED) is 0.504. The Morgan fingerprint density at radius 2 is 1.79 bits per heavy atom. The molecule has 0 saturated carbocycles. The Labute approximate surface area is 113 Å². The van der Waals surface area contributed by atoms with Crippen LogP contribution in [-0.4, -0.2) is 13.1 Å². The topological polar surface area (TPSA) is 43.4 Å². The number of fused-ring (bicyclic) bond motifs is 2. The maximum absolute atomic E-state index is 12.3. The molecule has 0 bridgehead atoms. The van der Waals surface area contributed by atoms with Crippen molar-refractivity contribution in [2.45, 2.75) is 0 Å². The lowest BCUT2D eigenvalue weighted by Crippen LogP contribution is -2.04. The molecule has 19 heavy (non-hydrogen) atoms. The van der Waals surface area contributed by atoms with Crippen LogP contribution in [0.1, 0.15) is 10.4 Å². The smallest absolute Gasteiger partial charge is 0.337 e. The molecule has 3 nitrogen and oxygen atoms in total. The SMILES string of the molecule is COC(=O)c1ccc2c(=O)c3ccccc3sc2c1. The third kappa shape index (κ3) is 1.90. The van der Waals surface area contributed by atoms with Gasteiger partial charge in [-0.25, -0.2) is 4.79 Å². The second-order valence-electron chi connectivity index (χ2n) is 4.13. The van der Waals surface area contributed by atoms with Gasteiger partial charge < -0.3 is 4.74 Å². The van der Waals surface area contributed by atoms with Gasteiger partial charge in [-0.2, -0.15) is 0 Å². The van der Waals surface area contributed by atoms with Gasteiger partial charge in [0, 0.05) is 20.2 Å². The lowest BCUT2D eigenvalue weighted by atomic mass is 10.1.